The van der Waals surface area contributed by atoms with Crippen LogP contribution >= 0.6 is 35.8 Å². The second-order valence-corrected chi connectivity index (χ2v) is 4.70. The zero-order chi connectivity index (χ0) is 10.2. The topological polar surface area (TPSA) is 34.1 Å². The van der Waals surface area contributed by atoms with Crippen LogP contribution in [0.3, 0.4) is 0 Å². The molecule has 0 spiro atoms. The van der Waals surface area contributed by atoms with Crippen molar-refractivity contribution in [2.24, 2.45) is 0 Å². The fraction of sp³-hybridized carbons (Fsp3) is 0. The molecule has 0 unspecified atom stereocenters. The van der Waals surface area contributed by atoms with Crippen LogP contribution in [0.25, 0.3) is 0 Å². The van der Waals surface area contributed by atoms with E-state index in [9.17, 15) is 12.3 Å². The molecule has 0 bridgehead atoms. The molecule has 0 atom stereocenters. The Morgan fingerprint density at radius 1 is 1.23 bits per heavy atom. The molecule has 1 aromatic carbocycles. The molecule has 2 nitrogen and oxygen atoms in total. The lowest BCUT2D eigenvalue weighted by Gasteiger charge is -2.02. The lowest BCUT2D eigenvalue weighted by molar-refractivity contribution is 0.552. The number of halogens is 3. The molecule has 0 amide bonds. The van der Waals surface area contributed by atoms with Gasteiger partial charge in [0.05, 0.1) is 10.0 Å². The first-order valence-corrected chi connectivity index (χ1v) is 5.54. The Hall–Kier alpha value is 0.0300. The Bertz CT molecular complexity index is 444. The van der Waals surface area contributed by atoms with Crippen molar-refractivity contribution in [3.63, 3.8) is 0 Å². The van der Waals surface area contributed by atoms with E-state index < -0.39 is 15.1 Å². The molecule has 13 heavy (non-hydrogen) atoms. The number of benzene rings is 1. The highest BCUT2D eigenvalue weighted by Gasteiger charge is 2.19. The molecule has 0 fully saturated rings. The van der Waals surface area contributed by atoms with Crippen LogP contribution in [-0.4, -0.2) is 8.42 Å². The zero-order valence-electron chi connectivity index (χ0n) is 5.96. The second-order valence-electron chi connectivity index (χ2n) is 2.15. The molecule has 72 valence electrons. The number of thiol groups is 1. The van der Waals surface area contributed by atoms with Crippen molar-refractivity contribution in [1.82, 2.24) is 0 Å². The van der Waals surface area contributed by atoms with Gasteiger partial charge in [0, 0.05) is 4.90 Å². The van der Waals surface area contributed by atoms with Gasteiger partial charge >= 0.3 is 10.2 Å². The van der Waals surface area contributed by atoms with Crippen LogP contribution in [-0.2, 0) is 10.2 Å². The lowest BCUT2D eigenvalue weighted by Crippen LogP contribution is -1.93. The van der Waals surface area contributed by atoms with Gasteiger partial charge in [-0.3, -0.25) is 0 Å². The SMILES string of the molecule is O=S(=O)(F)c1ccc(S)c(Cl)c1Cl. The number of rotatable bonds is 1. The molecule has 1 rings (SSSR count). The summed E-state index contributed by atoms with van der Waals surface area (Å²) >= 11 is 14.9. The standard InChI is InChI=1S/C6H3Cl2FO2S2/c7-5-3(12)1-2-4(6(5)8)13(9,10)11/h1-2,12H. The first-order chi connectivity index (χ1) is 5.84. The van der Waals surface area contributed by atoms with Gasteiger partial charge in [-0.05, 0) is 12.1 Å². The smallest absolute Gasteiger partial charge is 0.189 e. The van der Waals surface area contributed by atoms with Crippen molar-refractivity contribution < 1.29 is 12.3 Å². The van der Waals surface area contributed by atoms with Crippen molar-refractivity contribution in [2.45, 2.75) is 9.79 Å². The molecule has 0 aromatic heterocycles. The van der Waals surface area contributed by atoms with E-state index in [0.717, 1.165) is 6.07 Å². The van der Waals surface area contributed by atoms with Gasteiger partial charge in [0.1, 0.15) is 4.90 Å². The highest BCUT2D eigenvalue weighted by molar-refractivity contribution is 7.86. The van der Waals surface area contributed by atoms with Crippen LogP contribution in [0.15, 0.2) is 21.9 Å². The van der Waals surface area contributed by atoms with Gasteiger partial charge in [-0.1, -0.05) is 23.2 Å². The van der Waals surface area contributed by atoms with E-state index in [2.05, 4.69) is 12.6 Å². The second kappa shape index (κ2) is 3.65. The van der Waals surface area contributed by atoms with Gasteiger partial charge in [0.25, 0.3) is 0 Å². The number of hydrogen-bond donors (Lipinski definition) is 1. The van der Waals surface area contributed by atoms with Gasteiger partial charge in [-0.15, -0.1) is 16.5 Å². The monoisotopic (exact) mass is 260 g/mol. The van der Waals surface area contributed by atoms with Crippen molar-refractivity contribution in [1.29, 1.82) is 0 Å². The molecule has 0 aliphatic heterocycles. The molecule has 0 heterocycles. The fourth-order valence-electron chi connectivity index (χ4n) is 0.710. The van der Waals surface area contributed by atoms with E-state index in [1.807, 2.05) is 0 Å². The fourth-order valence-corrected chi connectivity index (χ4v) is 2.17. The molecule has 0 radical (unpaired) electrons. The van der Waals surface area contributed by atoms with E-state index in [4.69, 9.17) is 23.2 Å². The van der Waals surface area contributed by atoms with Gasteiger partial charge in [0.2, 0.25) is 0 Å². The Morgan fingerprint density at radius 2 is 1.77 bits per heavy atom. The molecule has 0 aliphatic rings. The summed E-state index contributed by atoms with van der Waals surface area (Å²) in [6.45, 7) is 0. The summed E-state index contributed by atoms with van der Waals surface area (Å²) in [7, 11) is -4.82. The van der Waals surface area contributed by atoms with Crippen LogP contribution in [0.1, 0.15) is 0 Å². The van der Waals surface area contributed by atoms with Crippen LogP contribution in [0.4, 0.5) is 3.89 Å². The first-order valence-electron chi connectivity index (χ1n) is 2.95. The van der Waals surface area contributed by atoms with Crippen molar-refractivity contribution in [3.05, 3.63) is 22.2 Å². The Labute approximate surface area is 90.3 Å². The van der Waals surface area contributed by atoms with Crippen LogP contribution in [0, 0.1) is 0 Å². The van der Waals surface area contributed by atoms with Crippen LogP contribution in [0.2, 0.25) is 10.0 Å². The Morgan fingerprint density at radius 3 is 2.23 bits per heavy atom. The number of hydrogen-bond acceptors (Lipinski definition) is 3. The molecule has 0 N–H and O–H groups in total. The van der Waals surface area contributed by atoms with Crippen LogP contribution in [0.5, 0.6) is 0 Å². The van der Waals surface area contributed by atoms with Gasteiger partial charge in [0.15, 0.2) is 0 Å². The van der Waals surface area contributed by atoms with Gasteiger partial charge in [-0.25, -0.2) is 0 Å². The maximum absolute atomic E-state index is 12.5. The summed E-state index contributed by atoms with van der Waals surface area (Å²) in [6, 6.07) is 2.26. The molecular formula is C6H3Cl2FO2S2. The summed E-state index contributed by atoms with van der Waals surface area (Å²) < 4.78 is 33.5. The highest BCUT2D eigenvalue weighted by Crippen LogP contribution is 2.34. The molecule has 0 aliphatic carbocycles. The molecule has 0 saturated heterocycles. The Balaban J connectivity index is 3.53. The van der Waals surface area contributed by atoms with Crippen molar-refractivity contribution in [3.8, 4) is 0 Å². The molecule has 0 saturated carbocycles. The molecule has 1 aromatic rings. The van der Waals surface area contributed by atoms with E-state index in [0.29, 0.717) is 4.90 Å². The highest BCUT2D eigenvalue weighted by atomic mass is 35.5. The van der Waals surface area contributed by atoms with Crippen molar-refractivity contribution in [2.75, 3.05) is 0 Å². The normalized spacial score (nSPS) is 11.7. The van der Waals surface area contributed by atoms with Crippen molar-refractivity contribution >= 4 is 46.1 Å². The average Bonchev–Trinajstić information content (AvgIpc) is 1.98. The average molecular weight is 261 g/mol. The van der Waals surface area contributed by atoms with E-state index in [1.54, 1.807) is 0 Å². The summed E-state index contributed by atoms with van der Waals surface area (Å²) in [4.78, 5) is -0.351. The van der Waals surface area contributed by atoms with Gasteiger partial charge in [-0.2, -0.15) is 8.42 Å². The minimum Gasteiger partial charge on any atom is -0.189 e. The Kier molecular flexibility index (Phi) is 3.12. The molecule has 7 heteroatoms. The largest absolute Gasteiger partial charge is 0.333 e. The minimum atomic E-state index is -4.82. The summed E-state index contributed by atoms with van der Waals surface area (Å²) in [5.41, 5.74) is 0. The summed E-state index contributed by atoms with van der Waals surface area (Å²) in [5, 5.41) is -0.430. The van der Waals surface area contributed by atoms with Crippen LogP contribution < -0.4 is 0 Å². The molecular weight excluding hydrogens is 258 g/mol. The maximum atomic E-state index is 12.5. The third kappa shape index (κ3) is 2.28. The summed E-state index contributed by atoms with van der Waals surface area (Å²) in [6.07, 6.45) is 0. The van der Waals surface area contributed by atoms with E-state index in [1.165, 1.54) is 6.07 Å². The third-order valence-corrected chi connectivity index (χ3v) is 3.65. The van der Waals surface area contributed by atoms with Gasteiger partial charge < -0.3 is 0 Å². The first kappa shape index (κ1) is 11.1. The minimum absolute atomic E-state index is 0.0799. The van der Waals surface area contributed by atoms with E-state index in [-0.39, 0.29) is 10.0 Å². The quantitative estimate of drug-likeness (QED) is 0.623. The maximum Gasteiger partial charge on any atom is 0.333 e. The third-order valence-electron chi connectivity index (χ3n) is 1.29. The lowest BCUT2D eigenvalue weighted by atomic mass is 10.3. The predicted molar refractivity (Wildman–Crippen MR) is 52.0 cm³/mol. The zero-order valence-corrected chi connectivity index (χ0v) is 9.18. The predicted octanol–water partition coefficient (Wildman–Crippen LogP) is 2.94. The summed E-state index contributed by atoms with van der Waals surface area (Å²) in [5.74, 6) is 0. The van der Waals surface area contributed by atoms with E-state index >= 15 is 0 Å².